The van der Waals surface area contributed by atoms with E-state index < -0.39 is 0 Å². The highest BCUT2D eigenvalue weighted by Gasteiger charge is 2.24. The van der Waals surface area contributed by atoms with Crippen LogP contribution in [0.3, 0.4) is 0 Å². The SMILES string of the molecule is CSN(C#N)CNc1cc(Cl)c(C(=O)N2CCCC2)c(Cl)c1. The van der Waals surface area contributed by atoms with Crippen LogP contribution in [0, 0.1) is 11.5 Å². The van der Waals surface area contributed by atoms with Crippen LogP contribution in [-0.2, 0) is 0 Å². The monoisotopic (exact) mass is 358 g/mol. The van der Waals surface area contributed by atoms with Crippen molar-refractivity contribution in [1.29, 1.82) is 5.26 Å². The topological polar surface area (TPSA) is 59.4 Å². The number of carbonyl (C=O) groups excluding carboxylic acids is 1. The highest BCUT2D eigenvalue weighted by Crippen LogP contribution is 2.31. The molecule has 8 heteroatoms. The number of nitrogens with zero attached hydrogens (tertiary/aromatic N) is 3. The van der Waals surface area contributed by atoms with Crippen molar-refractivity contribution in [2.24, 2.45) is 0 Å². The van der Waals surface area contributed by atoms with E-state index >= 15 is 0 Å². The Labute approximate surface area is 144 Å². The molecule has 0 atom stereocenters. The number of hydrogen-bond acceptors (Lipinski definition) is 5. The largest absolute Gasteiger partial charge is 0.366 e. The number of benzene rings is 1. The van der Waals surface area contributed by atoms with Crippen LogP contribution in [0.25, 0.3) is 0 Å². The first kappa shape index (κ1) is 17.1. The highest BCUT2D eigenvalue weighted by molar-refractivity contribution is 7.96. The summed E-state index contributed by atoms with van der Waals surface area (Å²) < 4.78 is 1.46. The minimum absolute atomic E-state index is 0.123. The van der Waals surface area contributed by atoms with Gasteiger partial charge >= 0.3 is 0 Å². The normalized spacial score (nSPS) is 13.8. The van der Waals surface area contributed by atoms with Gasteiger partial charge in [-0.25, -0.2) is 4.31 Å². The van der Waals surface area contributed by atoms with E-state index in [2.05, 4.69) is 5.32 Å². The number of halogens is 2. The Bertz CT molecular complexity index is 576. The van der Waals surface area contributed by atoms with Crippen LogP contribution in [0.15, 0.2) is 12.1 Å². The van der Waals surface area contributed by atoms with Gasteiger partial charge in [-0.3, -0.25) is 4.79 Å². The van der Waals surface area contributed by atoms with Crippen LogP contribution in [0.1, 0.15) is 23.2 Å². The average molecular weight is 359 g/mol. The van der Waals surface area contributed by atoms with Crippen LogP contribution in [0.5, 0.6) is 0 Å². The second-order valence-electron chi connectivity index (χ2n) is 4.81. The van der Waals surface area contributed by atoms with Gasteiger partial charge in [0.25, 0.3) is 5.91 Å². The molecule has 0 saturated carbocycles. The lowest BCUT2D eigenvalue weighted by molar-refractivity contribution is 0.0793. The molecule has 1 heterocycles. The zero-order valence-corrected chi connectivity index (χ0v) is 14.4. The van der Waals surface area contributed by atoms with Gasteiger partial charge < -0.3 is 10.2 Å². The quantitative estimate of drug-likeness (QED) is 0.376. The first-order valence-corrected chi connectivity index (χ1v) is 8.74. The molecule has 0 aromatic heterocycles. The van der Waals surface area contributed by atoms with Crippen molar-refractivity contribution in [2.75, 3.05) is 31.3 Å². The van der Waals surface area contributed by atoms with Gasteiger partial charge in [-0.2, -0.15) is 5.26 Å². The van der Waals surface area contributed by atoms with Gasteiger partial charge in [0.1, 0.15) is 6.67 Å². The molecule has 0 unspecified atom stereocenters. The van der Waals surface area contributed by atoms with E-state index in [4.69, 9.17) is 28.5 Å². The molecule has 1 fully saturated rings. The summed E-state index contributed by atoms with van der Waals surface area (Å²) in [6, 6.07) is 3.32. The molecule has 1 N–H and O–H groups in total. The van der Waals surface area contributed by atoms with Crippen molar-refractivity contribution in [3.63, 3.8) is 0 Å². The molecule has 1 aromatic rings. The third kappa shape index (κ3) is 3.92. The van der Waals surface area contributed by atoms with Crippen molar-refractivity contribution in [3.05, 3.63) is 27.7 Å². The van der Waals surface area contributed by atoms with E-state index in [1.165, 1.54) is 16.3 Å². The first-order valence-electron chi connectivity index (χ1n) is 6.80. The van der Waals surface area contributed by atoms with E-state index in [1.54, 1.807) is 17.0 Å². The predicted molar refractivity (Wildman–Crippen MR) is 91.1 cm³/mol. The fourth-order valence-corrected chi connectivity index (χ4v) is 3.19. The lowest BCUT2D eigenvalue weighted by Gasteiger charge is -2.18. The summed E-state index contributed by atoms with van der Waals surface area (Å²) in [4.78, 5) is 14.2. The van der Waals surface area contributed by atoms with Gasteiger partial charge in [-0.15, -0.1) is 0 Å². The summed E-state index contributed by atoms with van der Waals surface area (Å²) >= 11 is 13.8. The number of likely N-dealkylation sites (tertiary alicyclic amines) is 1. The Hall–Kier alpha value is -1.29. The molecule has 0 aliphatic carbocycles. The average Bonchev–Trinajstić information content (AvgIpc) is 3.01. The van der Waals surface area contributed by atoms with E-state index in [0.717, 1.165) is 25.9 Å². The lowest BCUT2D eigenvalue weighted by Crippen LogP contribution is -2.28. The summed E-state index contributed by atoms with van der Waals surface area (Å²) in [5.74, 6) is -0.123. The second-order valence-corrected chi connectivity index (χ2v) is 6.43. The zero-order valence-electron chi connectivity index (χ0n) is 12.1. The zero-order chi connectivity index (χ0) is 16.1. The van der Waals surface area contributed by atoms with Crippen molar-refractivity contribution >= 4 is 46.7 Å². The molecule has 118 valence electrons. The maximum absolute atomic E-state index is 12.4. The molecule has 1 amide bonds. The fourth-order valence-electron chi connectivity index (χ4n) is 2.26. The Kier molecular flexibility index (Phi) is 6.07. The Balaban J connectivity index is 2.14. The maximum atomic E-state index is 12.4. The molecule has 0 bridgehead atoms. The van der Waals surface area contributed by atoms with Gasteiger partial charge in [-0.05, 0) is 36.9 Å². The van der Waals surface area contributed by atoms with E-state index in [9.17, 15) is 4.79 Å². The summed E-state index contributed by atoms with van der Waals surface area (Å²) in [6.45, 7) is 1.82. The van der Waals surface area contributed by atoms with Crippen LogP contribution in [0.2, 0.25) is 10.0 Å². The van der Waals surface area contributed by atoms with Gasteiger partial charge in [-0.1, -0.05) is 23.2 Å². The van der Waals surface area contributed by atoms with Crippen LogP contribution in [0.4, 0.5) is 5.69 Å². The molecular weight excluding hydrogens is 343 g/mol. The number of nitrogens with one attached hydrogen (secondary N) is 1. The molecule has 22 heavy (non-hydrogen) atoms. The predicted octanol–water partition coefficient (Wildman–Crippen LogP) is 3.66. The standard InChI is InChI=1S/C14H16Cl2N4OS/c1-22-20(8-17)9-18-10-6-11(15)13(12(16)7-10)14(21)19-4-2-3-5-19/h6-7,18H,2-5,9H2,1H3. The number of anilines is 1. The summed E-state index contributed by atoms with van der Waals surface area (Å²) in [5.41, 5.74) is 1.01. The molecule has 1 aliphatic heterocycles. The lowest BCUT2D eigenvalue weighted by atomic mass is 10.1. The Morgan fingerprint density at radius 2 is 2.00 bits per heavy atom. The molecule has 2 rings (SSSR count). The van der Waals surface area contributed by atoms with Crippen LogP contribution < -0.4 is 5.32 Å². The molecular formula is C14H16Cl2N4OS. The Morgan fingerprint density at radius 3 is 2.50 bits per heavy atom. The van der Waals surface area contributed by atoms with Crippen LogP contribution >= 0.6 is 35.1 Å². The first-order chi connectivity index (χ1) is 10.6. The molecule has 1 aliphatic rings. The summed E-state index contributed by atoms with van der Waals surface area (Å²) in [7, 11) is 0. The number of carbonyl (C=O) groups is 1. The molecule has 0 radical (unpaired) electrons. The van der Waals surface area contributed by atoms with E-state index in [-0.39, 0.29) is 5.91 Å². The number of rotatable bonds is 5. The van der Waals surface area contributed by atoms with E-state index in [1.807, 2.05) is 12.4 Å². The van der Waals surface area contributed by atoms with Crippen molar-refractivity contribution < 1.29 is 4.79 Å². The van der Waals surface area contributed by atoms with E-state index in [0.29, 0.717) is 28.0 Å². The second kappa shape index (κ2) is 7.82. The minimum atomic E-state index is -0.123. The molecule has 1 aromatic carbocycles. The van der Waals surface area contributed by atoms with Gasteiger partial charge in [0.05, 0.1) is 15.6 Å². The maximum Gasteiger partial charge on any atom is 0.256 e. The van der Waals surface area contributed by atoms with Crippen molar-refractivity contribution in [2.45, 2.75) is 12.8 Å². The highest BCUT2D eigenvalue weighted by atomic mass is 35.5. The van der Waals surface area contributed by atoms with Gasteiger partial charge in [0.15, 0.2) is 6.19 Å². The van der Waals surface area contributed by atoms with Crippen molar-refractivity contribution in [3.8, 4) is 6.19 Å². The third-order valence-electron chi connectivity index (χ3n) is 3.41. The Morgan fingerprint density at radius 1 is 1.41 bits per heavy atom. The molecule has 1 saturated heterocycles. The smallest absolute Gasteiger partial charge is 0.256 e. The minimum Gasteiger partial charge on any atom is -0.366 e. The van der Waals surface area contributed by atoms with Gasteiger partial charge in [0, 0.05) is 25.0 Å². The fraction of sp³-hybridized carbons (Fsp3) is 0.429. The number of amides is 1. The number of nitriles is 1. The summed E-state index contributed by atoms with van der Waals surface area (Å²) in [5, 5.41) is 12.6. The van der Waals surface area contributed by atoms with Gasteiger partial charge in [0.2, 0.25) is 0 Å². The van der Waals surface area contributed by atoms with Crippen molar-refractivity contribution in [1.82, 2.24) is 9.21 Å². The number of hydrogen-bond donors (Lipinski definition) is 1. The summed E-state index contributed by atoms with van der Waals surface area (Å²) in [6.07, 6.45) is 5.86. The third-order valence-corrected chi connectivity index (χ3v) is 4.66. The molecule has 5 nitrogen and oxygen atoms in total. The molecule has 0 spiro atoms. The van der Waals surface area contributed by atoms with Crippen LogP contribution in [-0.4, -0.2) is 41.1 Å².